The van der Waals surface area contributed by atoms with Crippen molar-refractivity contribution in [2.75, 3.05) is 13.7 Å². The van der Waals surface area contributed by atoms with E-state index in [9.17, 15) is 65.4 Å². The molecule has 6 aromatic carbocycles. The molecular formula is C86H98Cl2N10O26. The van der Waals surface area contributed by atoms with Crippen molar-refractivity contribution in [2.45, 2.75) is 213 Å². The fourth-order valence-corrected chi connectivity index (χ4v) is 16.6. The third-order valence-electron chi connectivity index (χ3n) is 22.9. The Kier molecular flexibility index (Phi) is 27.5. The monoisotopic (exact) mass is 1760 g/mol. The summed E-state index contributed by atoms with van der Waals surface area (Å²) in [4.78, 5) is 121. The van der Waals surface area contributed by atoms with Gasteiger partial charge in [-0.2, -0.15) is 0 Å². The lowest BCUT2D eigenvalue weighted by molar-refractivity contribution is -0.334. The smallest absolute Gasteiger partial charge is 0.330 e. The van der Waals surface area contributed by atoms with Gasteiger partial charge in [-0.05, 0) is 129 Å². The third-order valence-corrected chi connectivity index (χ3v) is 23.5. The van der Waals surface area contributed by atoms with Gasteiger partial charge < -0.3 is 143 Å². The predicted molar refractivity (Wildman–Crippen MR) is 440 cm³/mol. The number of aliphatic hydroxyl groups excluding tert-OH is 6. The number of phenolic OH excluding ortho intramolecular Hbond substituents is 3. The summed E-state index contributed by atoms with van der Waals surface area (Å²) in [5, 5.41) is 137. The number of carboxylic acid groups (broad SMARTS) is 1. The molecular weight excluding hydrogens is 1660 g/mol. The van der Waals surface area contributed by atoms with E-state index in [-0.39, 0.29) is 64.2 Å². The van der Waals surface area contributed by atoms with Gasteiger partial charge in [0.15, 0.2) is 42.3 Å². The maximum atomic E-state index is 16.6. The van der Waals surface area contributed by atoms with E-state index < -0.39 is 256 Å². The first-order chi connectivity index (χ1) is 58.8. The zero-order chi connectivity index (χ0) is 89.4. The van der Waals surface area contributed by atoms with Crippen molar-refractivity contribution in [3.05, 3.63) is 177 Å². The van der Waals surface area contributed by atoms with Gasteiger partial charge in [0, 0.05) is 64.9 Å². The van der Waals surface area contributed by atoms with Crippen LogP contribution in [0.4, 0.5) is 0 Å². The zero-order valence-electron chi connectivity index (χ0n) is 68.0. The van der Waals surface area contributed by atoms with E-state index in [1.807, 2.05) is 68.4 Å². The Morgan fingerprint density at radius 2 is 1.36 bits per heavy atom. The van der Waals surface area contributed by atoms with E-state index in [1.54, 1.807) is 13.8 Å². The van der Waals surface area contributed by atoms with Crippen molar-refractivity contribution in [1.29, 1.82) is 0 Å². The number of carboxylic acids is 1. The summed E-state index contributed by atoms with van der Waals surface area (Å²) in [6, 6.07) is 13.4. The molecule has 662 valence electrons. The molecule has 0 saturated carbocycles. The average molecular weight is 1760 g/mol. The molecule has 0 spiro atoms. The SMILES string of the molecule is CN[C@H](CC(C)C)C(=O)N[C@H]1C(=O)N[C@@H](CC(N)=O)C(=O)N[C@H]2C(=O)N[C@H]3C(=O)N[C@H](C(=O)N[C@H](C(=O)O)c4cc(O)cc(O)c4-c4cc3ccc4O)[C@H](OC3C[C@@](C)(N)[C@@H](O)[C@H](C)O3)C3=C=CC(Oc4cc2cc(c4O[C@@H]2O[C@H](CO)[C@H](O)[C@H](O)[C@H]2O[C@H]2C[C@](C)(NCc4ccc(-c5ccccc5)cc4)[C@H](O)[C@H](C)O2)Oc2ccc(cc2Cl)[C@H]1O)C(Cl)=C3. The summed E-state index contributed by atoms with van der Waals surface area (Å²) < 4.78 is 52.9. The van der Waals surface area contributed by atoms with E-state index in [2.05, 4.69) is 48.3 Å². The fourth-order valence-electron chi connectivity index (χ4n) is 16.2. The summed E-state index contributed by atoms with van der Waals surface area (Å²) in [7, 11) is 1.48. The Bertz CT molecular complexity index is 5180. The van der Waals surface area contributed by atoms with Crippen molar-refractivity contribution in [2.24, 2.45) is 17.4 Å². The quantitative estimate of drug-likeness (QED) is 0.0518. The maximum Gasteiger partial charge on any atom is 0.330 e. The first kappa shape index (κ1) is 90.9. The third kappa shape index (κ3) is 19.6. The number of halogens is 2. The topological polar surface area (TPSA) is 561 Å². The molecule has 124 heavy (non-hydrogen) atoms. The van der Waals surface area contributed by atoms with E-state index >= 15 is 24.0 Å². The highest BCUT2D eigenvalue weighted by Gasteiger charge is 2.53. The van der Waals surface area contributed by atoms with Gasteiger partial charge in [0.25, 0.3) is 0 Å². The van der Waals surface area contributed by atoms with Crippen LogP contribution in [0.1, 0.15) is 119 Å². The van der Waals surface area contributed by atoms with Gasteiger partial charge in [0.2, 0.25) is 53.4 Å². The lowest BCUT2D eigenvalue weighted by Crippen LogP contribution is -2.65. The summed E-state index contributed by atoms with van der Waals surface area (Å²) >= 11 is 14.7. The average Bonchev–Trinajstić information content (AvgIpc) is 0.763. The number of hydrogen-bond acceptors (Lipinski definition) is 28. The number of aliphatic carboxylic acids is 1. The van der Waals surface area contributed by atoms with Gasteiger partial charge in [-0.3, -0.25) is 33.6 Å². The highest BCUT2D eigenvalue weighted by atomic mass is 35.5. The van der Waals surface area contributed by atoms with Gasteiger partial charge in [0.05, 0.1) is 53.5 Å². The van der Waals surface area contributed by atoms with Crippen molar-refractivity contribution >= 4 is 70.5 Å². The molecule has 8 aliphatic heterocycles. The molecule has 0 radical (unpaired) electrons. The molecule has 3 saturated heterocycles. The van der Waals surface area contributed by atoms with Crippen LogP contribution in [0.5, 0.6) is 40.2 Å². The van der Waals surface area contributed by atoms with Gasteiger partial charge >= 0.3 is 5.97 Å². The highest BCUT2D eigenvalue weighted by Crippen LogP contribution is 2.50. The van der Waals surface area contributed by atoms with Crippen LogP contribution in [-0.2, 0) is 68.6 Å². The Balaban J connectivity index is 1.02. The predicted octanol–water partition coefficient (Wildman–Crippen LogP) is 2.69. The number of aliphatic hydroxyl groups is 6. The van der Waals surface area contributed by atoms with Crippen molar-refractivity contribution in [1.82, 2.24) is 42.5 Å². The maximum absolute atomic E-state index is 16.6. The molecule has 8 heterocycles. The van der Waals surface area contributed by atoms with Crippen LogP contribution in [0.15, 0.2) is 144 Å². The number of carbonyl (C=O) groups excluding carboxylic acids is 7. The number of nitrogens with two attached hydrogens (primary N) is 2. The van der Waals surface area contributed by atoms with Gasteiger partial charge in [-0.1, -0.05) is 104 Å². The number of fused-ring (bicyclic) bond motifs is 13. The number of aromatic hydroxyl groups is 3. The standard InChI is InChI=1S/C86H98Cl2N10O26/c1-36(2)23-51(91-7)77(109)97-67-69(104)43-18-21-55(49(87)25-43)119-57-27-45-28-58(73(57)124-84-74(71(106)70(105)59(35-99)121-84)123-62-33-86(6,76(108)38(4)118-62)92-34-39-13-15-41(16-14-39)40-11-9-8-10-12-40)120-56-22-19-44(26-50(56)88)72(122-61-32-85(5,90)75(107)37(3)117-61)68-82(114)96-66(83(115)116)48-29-46(100)30-54(102)63(48)47-24-42(17-20-53(47)101)64(79(111)98-68)95-80(112)65(45)94-78(110)52(31-60(89)103)93-81(67)113/h8-18,20-22,24-30,36-38,51-52,56,59,61-62,64-72,74-76,84,91-92,99-102,104-108H,23,31-35,90H2,1-7H3,(H2,89,103)(H,93,113)(H,94,110)(H,95,112)(H,96,114)(H,97,109)(H,98,111)(H,115,116)/t37-,38-,51+,52-,56?,59+,61?,62-,64+,65+,66-,67+,68-,69+,70-,71-,72+,74+,75-,76+,84-,85+,86-/m0/s1. The van der Waals surface area contributed by atoms with Crippen LogP contribution in [0, 0.1) is 5.92 Å². The molecule has 11 bridgehead atoms. The second kappa shape index (κ2) is 37.5. The molecule has 38 heteroatoms. The molecule has 36 nitrogen and oxygen atoms in total. The van der Waals surface area contributed by atoms with Crippen LogP contribution in [-0.4, -0.2) is 227 Å². The molecule has 7 amide bonds. The summed E-state index contributed by atoms with van der Waals surface area (Å²) in [5.74, 6) is -15.7. The Hall–Kier alpha value is -10.8. The first-order valence-corrected chi connectivity index (χ1v) is 40.8. The molecule has 22 N–H and O–H groups in total. The van der Waals surface area contributed by atoms with Crippen LogP contribution < -0.4 is 68.2 Å². The van der Waals surface area contributed by atoms with E-state index in [0.29, 0.717) is 0 Å². The number of ether oxygens (including phenoxy) is 8. The molecule has 0 aromatic heterocycles. The highest BCUT2D eigenvalue weighted by molar-refractivity contribution is 6.32. The number of amides is 7. The Morgan fingerprint density at radius 3 is 2.02 bits per heavy atom. The number of phenols is 3. The fraction of sp³-hybridized carbons (Fsp3) is 0.430. The summed E-state index contributed by atoms with van der Waals surface area (Å²) in [6.45, 7) is 9.10. The Morgan fingerprint density at radius 1 is 0.702 bits per heavy atom. The van der Waals surface area contributed by atoms with Crippen LogP contribution in [0.3, 0.4) is 0 Å². The van der Waals surface area contributed by atoms with Crippen LogP contribution >= 0.6 is 23.2 Å². The number of primary amides is 1. The lowest BCUT2D eigenvalue weighted by Gasteiger charge is -2.48. The molecule has 1 aliphatic carbocycles. The second-order valence-corrected chi connectivity index (χ2v) is 33.5. The molecule has 2 unspecified atom stereocenters. The zero-order valence-corrected chi connectivity index (χ0v) is 69.5. The van der Waals surface area contributed by atoms with Gasteiger partial charge in [0.1, 0.15) is 83.7 Å². The van der Waals surface area contributed by atoms with Crippen LogP contribution in [0.25, 0.3) is 22.3 Å². The number of hydrogen-bond donors (Lipinski definition) is 20. The summed E-state index contributed by atoms with van der Waals surface area (Å²) in [5.41, 5.74) is 12.7. The normalized spacial score (nSPS) is 31.0. The largest absolute Gasteiger partial charge is 0.508 e. The number of rotatable bonds is 19. The minimum atomic E-state index is -2.39. The molecule has 9 aliphatic rings. The minimum Gasteiger partial charge on any atom is -0.508 e. The number of likely N-dealkylation sites (N-methyl/N-ethyl adjacent to an activating group) is 1. The molecule has 3 fully saturated rings. The van der Waals surface area contributed by atoms with E-state index in [4.69, 9.17) is 72.6 Å². The van der Waals surface area contributed by atoms with Crippen LogP contribution in [0.2, 0.25) is 5.02 Å². The summed E-state index contributed by atoms with van der Waals surface area (Å²) in [6.07, 6.45) is -22.3. The van der Waals surface area contributed by atoms with E-state index in [0.717, 1.165) is 77.4 Å². The number of nitrogens with one attached hydrogen (secondary N) is 8. The van der Waals surface area contributed by atoms with Crippen molar-refractivity contribution < 1.29 is 127 Å². The van der Waals surface area contributed by atoms with Gasteiger partial charge in [-0.15, -0.1) is 5.73 Å². The first-order valence-electron chi connectivity index (χ1n) is 40.0. The second-order valence-electron chi connectivity index (χ2n) is 32.6. The van der Waals surface area contributed by atoms with Gasteiger partial charge in [-0.25, -0.2) is 4.79 Å². The molecule has 23 atom stereocenters. The number of carbonyl (C=O) groups is 8. The Labute approximate surface area is 720 Å². The molecule has 6 aromatic rings. The van der Waals surface area contributed by atoms with Crippen molar-refractivity contribution in [3.63, 3.8) is 0 Å². The minimum absolute atomic E-state index is 0.117. The van der Waals surface area contributed by atoms with E-state index in [1.165, 1.54) is 33.0 Å². The molecule has 15 rings (SSSR count). The lowest BCUT2D eigenvalue weighted by atomic mass is 9.84. The number of benzene rings is 6. The van der Waals surface area contributed by atoms with Crippen molar-refractivity contribution in [3.8, 4) is 62.5 Å².